The van der Waals surface area contributed by atoms with Gasteiger partial charge < -0.3 is 5.11 Å². The fourth-order valence-electron chi connectivity index (χ4n) is 1.61. The van der Waals surface area contributed by atoms with Gasteiger partial charge in [-0.25, -0.2) is 12.7 Å². The van der Waals surface area contributed by atoms with Crippen LogP contribution in [0.2, 0.25) is 0 Å². The maximum atomic E-state index is 12.0. The summed E-state index contributed by atoms with van der Waals surface area (Å²) in [6, 6.07) is 5.51. The summed E-state index contributed by atoms with van der Waals surface area (Å²) in [4.78, 5) is 10.4. The van der Waals surface area contributed by atoms with Crippen molar-refractivity contribution in [1.29, 1.82) is 0 Å². The molecule has 6 heteroatoms. The topological polar surface area (TPSA) is 74.7 Å². The summed E-state index contributed by atoms with van der Waals surface area (Å²) < 4.78 is 25.2. The number of aryl methyl sites for hydroxylation is 2. The van der Waals surface area contributed by atoms with Crippen LogP contribution in [0.15, 0.2) is 18.2 Å². The molecule has 0 aliphatic heterocycles. The summed E-state index contributed by atoms with van der Waals surface area (Å²) in [5.74, 6) is -1.11. The van der Waals surface area contributed by atoms with Gasteiger partial charge in [-0.2, -0.15) is 0 Å². The minimum absolute atomic E-state index is 0.0114. The van der Waals surface area contributed by atoms with Crippen molar-refractivity contribution in [2.24, 2.45) is 0 Å². The maximum absolute atomic E-state index is 12.0. The molecule has 1 aromatic rings. The van der Waals surface area contributed by atoms with E-state index in [9.17, 15) is 13.2 Å². The fraction of sp³-hybridized carbons (Fsp3) is 0.462. The number of carbonyl (C=O) groups is 1. The first kappa shape index (κ1) is 15.7. The van der Waals surface area contributed by atoms with Crippen LogP contribution in [-0.2, 0) is 20.6 Å². The van der Waals surface area contributed by atoms with Crippen LogP contribution in [0.1, 0.15) is 23.1 Å². The van der Waals surface area contributed by atoms with Crippen LogP contribution in [0.5, 0.6) is 0 Å². The second kappa shape index (κ2) is 6.16. The Labute approximate surface area is 113 Å². The van der Waals surface area contributed by atoms with Gasteiger partial charge in [-0.05, 0) is 30.5 Å². The van der Waals surface area contributed by atoms with Gasteiger partial charge in [-0.15, -0.1) is 0 Å². The van der Waals surface area contributed by atoms with Gasteiger partial charge in [-0.3, -0.25) is 4.79 Å². The lowest BCUT2D eigenvalue weighted by Gasteiger charge is -2.16. The van der Waals surface area contributed by atoms with Gasteiger partial charge >= 0.3 is 5.97 Å². The van der Waals surface area contributed by atoms with Gasteiger partial charge in [0.1, 0.15) is 0 Å². The largest absolute Gasteiger partial charge is 0.481 e. The van der Waals surface area contributed by atoms with E-state index in [1.807, 2.05) is 26.0 Å². The lowest BCUT2D eigenvalue weighted by Crippen LogP contribution is -2.30. The molecule has 0 spiro atoms. The number of sulfonamides is 1. The van der Waals surface area contributed by atoms with Crippen LogP contribution in [0, 0.1) is 13.8 Å². The predicted molar refractivity (Wildman–Crippen MR) is 73.4 cm³/mol. The van der Waals surface area contributed by atoms with E-state index >= 15 is 0 Å². The minimum Gasteiger partial charge on any atom is -0.481 e. The molecule has 0 amide bonds. The molecule has 106 valence electrons. The third-order valence-electron chi connectivity index (χ3n) is 3.04. The monoisotopic (exact) mass is 285 g/mol. The Kier molecular flexibility index (Phi) is 5.08. The number of nitrogens with zero attached hydrogens (tertiary/aromatic N) is 1. The highest BCUT2D eigenvalue weighted by Gasteiger charge is 2.19. The summed E-state index contributed by atoms with van der Waals surface area (Å²) >= 11 is 0. The quantitative estimate of drug-likeness (QED) is 0.860. The SMILES string of the molecule is Cc1ccc(CS(=O)(=O)N(C)CCC(=O)O)cc1C. The molecule has 0 heterocycles. The van der Waals surface area contributed by atoms with Crippen molar-refractivity contribution >= 4 is 16.0 Å². The molecule has 0 saturated heterocycles. The van der Waals surface area contributed by atoms with Gasteiger partial charge in [-0.1, -0.05) is 18.2 Å². The van der Waals surface area contributed by atoms with E-state index in [1.165, 1.54) is 7.05 Å². The summed E-state index contributed by atoms with van der Waals surface area (Å²) in [7, 11) is -2.07. The van der Waals surface area contributed by atoms with Crippen molar-refractivity contribution in [2.45, 2.75) is 26.0 Å². The molecule has 19 heavy (non-hydrogen) atoms. The number of carboxylic acids is 1. The Morgan fingerprint density at radius 1 is 1.26 bits per heavy atom. The van der Waals surface area contributed by atoms with Gasteiger partial charge in [0.05, 0.1) is 12.2 Å². The molecule has 1 aromatic carbocycles. The van der Waals surface area contributed by atoms with Crippen LogP contribution in [0.25, 0.3) is 0 Å². The zero-order valence-corrected chi connectivity index (χ0v) is 12.2. The summed E-state index contributed by atoms with van der Waals surface area (Å²) in [6.07, 6.45) is -0.192. The molecule has 0 atom stereocenters. The summed E-state index contributed by atoms with van der Waals surface area (Å²) in [6.45, 7) is 3.88. The molecule has 1 rings (SSSR count). The first-order valence-electron chi connectivity index (χ1n) is 5.94. The number of hydrogen-bond donors (Lipinski definition) is 1. The predicted octanol–water partition coefficient (Wildman–Crippen LogP) is 1.54. The van der Waals surface area contributed by atoms with E-state index in [4.69, 9.17) is 5.11 Å². The molecule has 0 unspecified atom stereocenters. The molecular formula is C13H19NO4S. The van der Waals surface area contributed by atoms with Crippen LogP contribution >= 0.6 is 0 Å². The molecule has 0 bridgehead atoms. The second-order valence-corrected chi connectivity index (χ2v) is 6.72. The number of aliphatic carboxylic acids is 1. The summed E-state index contributed by atoms with van der Waals surface area (Å²) in [5.41, 5.74) is 2.87. The maximum Gasteiger partial charge on any atom is 0.304 e. The zero-order chi connectivity index (χ0) is 14.6. The van der Waals surface area contributed by atoms with Crippen LogP contribution in [0.3, 0.4) is 0 Å². The lowest BCUT2D eigenvalue weighted by molar-refractivity contribution is -0.137. The molecule has 0 aromatic heterocycles. The Balaban J connectivity index is 2.78. The van der Waals surface area contributed by atoms with E-state index in [0.29, 0.717) is 5.56 Å². The van der Waals surface area contributed by atoms with E-state index in [0.717, 1.165) is 15.4 Å². The van der Waals surface area contributed by atoms with Crippen molar-refractivity contribution in [3.8, 4) is 0 Å². The number of hydrogen-bond acceptors (Lipinski definition) is 3. The Morgan fingerprint density at radius 3 is 2.42 bits per heavy atom. The van der Waals surface area contributed by atoms with E-state index in [-0.39, 0.29) is 18.7 Å². The zero-order valence-electron chi connectivity index (χ0n) is 11.4. The van der Waals surface area contributed by atoms with Crippen molar-refractivity contribution in [1.82, 2.24) is 4.31 Å². The standard InChI is InChI=1S/C13H19NO4S/c1-10-4-5-12(8-11(10)2)9-19(17,18)14(3)7-6-13(15)16/h4-5,8H,6-7,9H2,1-3H3,(H,15,16). The first-order chi connectivity index (χ1) is 8.72. The van der Waals surface area contributed by atoms with E-state index in [2.05, 4.69) is 0 Å². The van der Waals surface area contributed by atoms with Crippen molar-refractivity contribution in [2.75, 3.05) is 13.6 Å². The first-order valence-corrected chi connectivity index (χ1v) is 7.55. The highest BCUT2D eigenvalue weighted by Crippen LogP contribution is 2.14. The molecule has 0 radical (unpaired) electrons. The van der Waals surface area contributed by atoms with Crippen molar-refractivity contribution in [3.63, 3.8) is 0 Å². The Bertz CT molecular complexity index is 566. The average molecular weight is 285 g/mol. The highest BCUT2D eigenvalue weighted by molar-refractivity contribution is 7.88. The number of rotatable bonds is 6. The Morgan fingerprint density at radius 2 is 1.89 bits per heavy atom. The normalized spacial score (nSPS) is 11.8. The summed E-state index contributed by atoms with van der Waals surface area (Å²) in [5, 5.41) is 8.56. The third-order valence-corrected chi connectivity index (χ3v) is 4.87. The number of carboxylic acid groups (broad SMARTS) is 1. The smallest absolute Gasteiger partial charge is 0.304 e. The molecule has 5 nitrogen and oxygen atoms in total. The van der Waals surface area contributed by atoms with Crippen LogP contribution in [0.4, 0.5) is 0 Å². The molecular weight excluding hydrogens is 266 g/mol. The van der Waals surface area contributed by atoms with Crippen molar-refractivity contribution in [3.05, 3.63) is 34.9 Å². The van der Waals surface area contributed by atoms with Crippen LogP contribution in [-0.4, -0.2) is 37.4 Å². The lowest BCUT2D eigenvalue weighted by atomic mass is 10.1. The van der Waals surface area contributed by atoms with Gasteiger partial charge in [0.25, 0.3) is 0 Å². The molecule has 0 saturated carbocycles. The number of benzene rings is 1. The molecule has 1 N–H and O–H groups in total. The fourth-order valence-corrected chi connectivity index (χ4v) is 2.80. The second-order valence-electron chi connectivity index (χ2n) is 4.64. The molecule has 0 aliphatic carbocycles. The van der Waals surface area contributed by atoms with Gasteiger partial charge in [0, 0.05) is 13.6 Å². The molecule has 0 fully saturated rings. The third kappa shape index (κ3) is 4.65. The van der Waals surface area contributed by atoms with E-state index < -0.39 is 16.0 Å². The van der Waals surface area contributed by atoms with Crippen LogP contribution < -0.4 is 0 Å². The van der Waals surface area contributed by atoms with Crippen molar-refractivity contribution < 1.29 is 18.3 Å². The minimum atomic E-state index is -3.47. The highest BCUT2D eigenvalue weighted by atomic mass is 32.2. The van der Waals surface area contributed by atoms with Gasteiger partial charge in [0.15, 0.2) is 0 Å². The average Bonchev–Trinajstić information content (AvgIpc) is 2.30. The molecule has 0 aliphatic rings. The Hall–Kier alpha value is -1.40. The van der Waals surface area contributed by atoms with E-state index in [1.54, 1.807) is 6.07 Å². The van der Waals surface area contributed by atoms with Gasteiger partial charge in [0.2, 0.25) is 10.0 Å².